The van der Waals surface area contributed by atoms with E-state index in [1.807, 2.05) is 0 Å². The maximum atomic E-state index is 5.64. The molecule has 24 heavy (non-hydrogen) atoms. The van der Waals surface area contributed by atoms with Crippen molar-refractivity contribution in [1.29, 1.82) is 0 Å². The van der Waals surface area contributed by atoms with Crippen LogP contribution in [0.3, 0.4) is 0 Å². The van der Waals surface area contributed by atoms with Crippen LogP contribution in [-0.2, 0) is 0 Å². The lowest BCUT2D eigenvalue weighted by atomic mass is 10.2. The smallest absolute Gasteiger partial charge is 0.144 e. The molecule has 0 aliphatic rings. The zero-order valence-corrected chi connectivity index (χ0v) is 14.3. The first-order valence-corrected chi connectivity index (χ1v) is 6.93. The van der Waals surface area contributed by atoms with Gasteiger partial charge in [-0.25, -0.2) is 0 Å². The molecule has 0 unspecified atom stereocenters. The molecule has 0 radical (unpaired) electrons. The predicted octanol–water partition coefficient (Wildman–Crippen LogP) is 1.74. The molecule has 2 aromatic rings. The van der Waals surface area contributed by atoms with Crippen LogP contribution < -0.4 is 41.9 Å². The van der Waals surface area contributed by atoms with E-state index in [1.54, 1.807) is 24.3 Å². The van der Waals surface area contributed by atoms with E-state index in [4.69, 9.17) is 41.9 Å². The van der Waals surface area contributed by atoms with Crippen molar-refractivity contribution in [3.63, 3.8) is 0 Å². The average molecular weight is 336 g/mol. The summed E-state index contributed by atoms with van der Waals surface area (Å²) in [5.41, 5.74) is 24.2. The minimum Gasteiger partial charge on any atom is -0.495 e. The van der Waals surface area contributed by atoms with Gasteiger partial charge in [0.05, 0.1) is 28.4 Å². The van der Waals surface area contributed by atoms with Crippen LogP contribution >= 0.6 is 0 Å². The van der Waals surface area contributed by atoms with E-state index in [0.29, 0.717) is 45.7 Å². The summed E-state index contributed by atoms with van der Waals surface area (Å²) in [5.74, 6) is 2.25. The molecule has 8 nitrogen and oxygen atoms in total. The molecule has 0 aliphatic carbocycles. The van der Waals surface area contributed by atoms with Gasteiger partial charge in [0.15, 0.2) is 0 Å². The molecular formula is C16H24N4O4. The Balaban J connectivity index is 0.000000240. The molecule has 0 aromatic heterocycles. The van der Waals surface area contributed by atoms with Crippen LogP contribution in [0.25, 0.3) is 0 Å². The second-order valence-corrected chi connectivity index (χ2v) is 4.59. The molecule has 8 N–H and O–H groups in total. The van der Waals surface area contributed by atoms with E-state index in [9.17, 15) is 0 Å². The molecule has 0 aliphatic heterocycles. The minimum atomic E-state index is 0.414. The van der Waals surface area contributed by atoms with Crippen LogP contribution in [0.15, 0.2) is 24.3 Å². The molecule has 0 bridgehead atoms. The summed E-state index contributed by atoms with van der Waals surface area (Å²) in [6.07, 6.45) is 0. The molecule has 0 spiro atoms. The van der Waals surface area contributed by atoms with E-state index in [2.05, 4.69) is 0 Å². The van der Waals surface area contributed by atoms with Crippen molar-refractivity contribution in [3.05, 3.63) is 24.3 Å². The third kappa shape index (κ3) is 3.97. The first-order chi connectivity index (χ1) is 11.4. The van der Waals surface area contributed by atoms with Crippen LogP contribution in [-0.4, -0.2) is 28.4 Å². The van der Waals surface area contributed by atoms with Crippen LogP contribution in [0.2, 0.25) is 0 Å². The fourth-order valence-corrected chi connectivity index (χ4v) is 1.90. The van der Waals surface area contributed by atoms with E-state index < -0.39 is 0 Å². The van der Waals surface area contributed by atoms with Crippen molar-refractivity contribution >= 4 is 22.7 Å². The van der Waals surface area contributed by atoms with Crippen LogP contribution in [0.4, 0.5) is 22.7 Å². The lowest BCUT2D eigenvalue weighted by molar-refractivity contribution is 0.406. The van der Waals surface area contributed by atoms with Gasteiger partial charge in [0.2, 0.25) is 0 Å². The first-order valence-electron chi connectivity index (χ1n) is 6.93. The minimum absolute atomic E-state index is 0.414. The van der Waals surface area contributed by atoms with Crippen LogP contribution in [0.1, 0.15) is 0 Å². The second-order valence-electron chi connectivity index (χ2n) is 4.59. The number of hydrogen-bond donors (Lipinski definition) is 4. The number of anilines is 4. The van der Waals surface area contributed by atoms with Crippen molar-refractivity contribution in [2.75, 3.05) is 51.4 Å². The molecule has 2 rings (SSSR count). The highest BCUT2D eigenvalue weighted by Crippen LogP contribution is 2.35. The van der Waals surface area contributed by atoms with Gasteiger partial charge in [0.25, 0.3) is 0 Å². The van der Waals surface area contributed by atoms with E-state index >= 15 is 0 Å². The topological polar surface area (TPSA) is 141 Å². The zero-order chi connectivity index (χ0) is 18.3. The Morgan fingerprint density at radius 1 is 0.458 bits per heavy atom. The lowest BCUT2D eigenvalue weighted by Crippen LogP contribution is -2.00. The van der Waals surface area contributed by atoms with E-state index in [1.165, 1.54) is 28.4 Å². The first kappa shape index (κ1) is 18.9. The van der Waals surface area contributed by atoms with Crippen molar-refractivity contribution in [2.24, 2.45) is 0 Å². The number of hydrogen-bond acceptors (Lipinski definition) is 8. The van der Waals surface area contributed by atoms with Crippen molar-refractivity contribution in [2.45, 2.75) is 0 Å². The summed E-state index contributed by atoms with van der Waals surface area (Å²) in [5, 5.41) is 0. The number of ether oxygens (including phenoxy) is 4. The van der Waals surface area contributed by atoms with Crippen molar-refractivity contribution < 1.29 is 18.9 Å². The molecule has 0 saturated carbocycles. The Morgan fingerprint density at radius 3 is 0.750 bits per heavy atom. The normalized spacial score (nSPS) is 9.50. The molecule has 2 aromatic carbocycles. The molecule has 0 atom stereocenters. The van der Waals surface area contributed by atoms with Gasteiger partial charge in [-0.1, -0.05) is 0 Å². The van der Waals surface area contributed by atoms with Crippen molar-refractivity contribution in [3.8, 4) is 23.0 Å². The lowest BCUT2D eigenvalue weighted by Gasteiger charge is -2.10. The average Bonchev–Trinajstić information content (AvgIpc) is 2.60. The number of nitrogens with two attached hydrogens (primary N) is 4. The zero-order valence-electron chi connectivity index (χ0n) is 14.3. The predicted molar refractivity (Wildman–Crippen MR) is 96.7 cm³/mol. The molecule has 0 saturated heterocycles. The maximum Gasteiger partial charge on any atom is 0.144 e. The van der Waals surface area contributed by atoms with Gasteiger partial charge in [0.1, 0.15) is 45.7 Å². The summed E-state index contributed by atoms with van der Waals surface area (Å²) in [6.45, 7) is 0. The second kappa shape index (κ2) is 8.47. The van der Waals surface area contributed by atoms with Gasteiger partial charge in [-0.2, -0.15) is 0 Å². The molecule has 0 heterocycles. The summed E-state index contributed by atoms with van der Waals surface area (Å²) < 4.78 is 19.9. The number of benzene rings is 2. The SMILES string of the molecule is COc1ccc(OC)c(N)c1N.COc1ccc(OC)c(N)c1N. The summed E-state index contributed by atoms with van der Waals surface area (Å²) in [6, 6.07) is 6.85. The van der Waals surface area contributed by atoms with Crippen LogP contribution in [0.5, 0.6) is 23.0 Å². The summed E-state index contributed by atoms with van der Waals surface area (Å²) in [4.78, 5) is 0. The Morgan fingerprint density at radius 2 is 0.625 bits per heavy atom. The van der Waals surface area contributed by atoms with Gasteiger partial charge in [-0.05, 0) is 24.3 Å². The fraction of sp³-hybridized carbons (Fsp3) is 0.250. The fourth-order valence-electron chi connectivity index (χ4n) is 1.90. The van der Waals surface area contributed by atoms with Gasteiger partial charge >= 0.3 is 0 Å². The molecular weight excluding hydrogens is 312 g/mol. The monoisotopic (exact) mass is 336 g/mol. The highest BCUT2D eigenvalue weighted by Gasteiger charge is 2.08. The van der Waals surface area contributed by atoms with E-state index in [-0.39, 0.29) is 0 Å². The van der Waals surface area contributed by atoms with Crippen molar-refractivity contribution in [1.82, 2.24) is 0 Å². The summed E-state index contributed by atoms with van der Waals surface area (Å²) in [7, 11) is 6.16. The Hall–Kier alpha value is -3.16. The largest absolute Gasteiger partial charge is 0.495 e. The molecule has 0 fully saturated rings. The Bertz CT molecular complexity index is 575. The van der Waals surface area contributed by atoms with Gasteiger partial charge in [0, 0.05) is 0 Å². The Kier molecular flexibility index (Phi) is 6.66. The highest BCUT2D eigenvalue weighted by molar-refractivity contribution is 5.77. The van der Waals surface area contributed by atoms with Crippen LogP contribution in [0, 0.1) is 0 Å². The third-order valence-electron chi connectivity index (χ3n) is 3.29. The number of nitrogen functional groups attached to an aromatic ring is 4. The quantitative estimate of drug-likeness (QED) is 0.619. The van der Waals surface area contributed by atoms with Gasteiger partial charge in [-0.3, -0.25) is 0 Å². The number of methoxy groups -OCH3 is 4. The third-order valence-corrected chi connectivity index (χ3v) is 3.29. The maximum absolute atomic E-state index is 5.64. The number of rotatable bonds is 4. The highest BCUT2D eigenvalue weighted by atomic mass is 16.5. The molecule has 0 amide bonds. The molecule has 8 heteroatoms. The van der Waals surface area contributed by atoms with Gasteiger partial charge in [-0.15, -0.1) is 0 Å². The summed E-state index contributed by atoms with van der Waals surface area (Å²) >= 11 is 0. The van der Waals surface area contributed by atoms with Gasteiger partial charge < -0.3 is 41.9 Å². The Labute approximate surface area is 141 Å². The standard InChI is InChI=1S/2C8H12N2O2/c2*1-11-5-3-4-6(12-2)8(10)7(5)9/h2*3-4H,9-10H2,1-2H3. The van der Waals surface area contributed by atoms with E-state index in [0.717, 1.165) is 0 Å². The molecule has 132 valence electrons.